The number of aliphatic hydroxyl groups is 1. The summed E-state index contributed by atoms with van der Waals surface area (Å²) in [6.45, 7) is 1.94. The second kappa shape index (κ2) is 6.44. The van der Waals surface area contributed by atoms with E-state index in [1.54, 1.807) is 30.3 Å². The molecule has 0 aliphatic carbocycles. The second-order valence-corrected chi connectivity index (χ2v) is 5.82. The van der Waals surface area contributed by atoms with Crippen LogP contribution in [0.2, 0.25) is 0 Å². The zero-order chi connectivity index (χ0) is 17.3. The molecule has 0 saturated carbocycles. The molecule has 0 saturated heterocycles. The van der Waals surface area contributed by atoms with E-state index in [1.165, 1.54) is 12.0 Å². The number of para-hydroxylation sites is 1. The van der Waals surface area contributed by atoms with E-state index in [0.29, 0.717) is 16.8 Å². The number of aliphatic hydroxyl groups excluding tert-OH is 1. The molecule has 0 radical (unpaired) electrons. The van der Waals surface area contributed by atoms with Crippen LogP contribution in [0.4, 0.5) is 5.69 Å². The van der Waals surface area contributed by atoms with E-state index in [1.807, 2.05) is 31.2 Å². The number of amides is 1. The van der Waals surface area contributed by atoms with Gasteiger partial charge in [-0.25, -0.2) is 0 Å². The Balaban J connectivity index is 2.12. The van der Waals surface area contributed by atoms with E-state index in [4.69, 9.17) is 4.74 Å². The molecule has 1 heterocycles. The van der Waals surface area contributed by atoms with Crippen LogP contribution in [-0.4, -0.2) is 30.3 Å². The van der Waals surface area contributed by atoms with Gasteiger partial charge in [-0.1, -0.05) is 35.9 Å². The number of nitriles is 1. The van der Waals surface area contributed by atoms with Crippen LogP contribution in [0.1, 0.15) is 27.6 Å². The number of rotatable bonds is 2. The lowest BCUT2D eigenvalue weighted by molar-refractivity contribution is -0.0233. The van der Waals surface area contributed by atoms with Crippen molar-refractivity contribution in [1.29, 1.82) is 5.26 Å². The van der Waals surface area contributed by atoms with Crippen molar-refractivity contribution in [2.24, 2.45) is 0 Å². The van der Waals surface area contributed by atoms with Gasteiger partial charge in [0.15, 0.2) is 6.04 Å². The molecular weight excluding hydrogens is 304 g/mol. The molecule has 5 nitrogen and oxygen atoms in total. The number of methoxy groups -OCH3 is 1. The van der Waals surface area contributed by atoms with Crippen LogP contribution in [0, 0.1) is 18.3 Å². The smallest absolute Gasteiger partial charge is 0.259 e. The fraction of sp³-hybridized carbons (Fsp3) is 0.263. The Morgan fingerprint density at radius 2 is 1.88 bits per heavy atom. The largest absolute Gasteiger partial charge is 0.387 e. The normalized spacial score (nSPS) is 22.6. The third-order valence-corrected chi connectivity index (χ3v) is 4.32. The van der Waals surface area contributed by atoms with Crippen molar-refractivity contribution < 1.29 is 14.6 Å². The topological polar surface area (TPSA) is 73.6 Å². The summed E-state index contributed by atoms with van der Waals surface area (Å²) in [7, 11) is 1.48. The van der Waals surface area contributed by atoms with Crippen molar-refractivity contribution in [3.05, 3.63) is 65.2 Å². The molecule has 24 heavy (non-hydrogen) atoms. The van der Waals surface area contributed by atoms with Gasteiger partial charge in [0.1, 0.15) is 12.2 Å². The first kappa shape index (κ1) is 16.2. The Bertz CT molecular complexity index is 795. The maximum absolute atomic E-state index is 13.0. The zero-order valence-electron chi connectivity index (χ0n) is 13.5. The van der Waals surface area contributed by atoms with E-state index >= 15 is 0 Å². The minimum Gasteiger partial charge on any atom is -0.387 e. The van der Waals surface area contributed by atoms with Crippen LogP contribution in [0.5, 0.6) is 0 Å². The highest BCUT2D eigenvalue weighted by atomic mass is 16.5. The first-order valence-electron chi connectivity index (χ1n) is 7.68. The molecule has 5 heteroatoms. The highest BCUT2D eigenvalue weighted by Gasteiger charge is 2.43. The van der Waals surface area contributed by atoms with E-state index in [0.717, 1.165) is 5.56 Å². The molecule has 1 N–H and O–H groups in total. The van der Waals surface area contributed by atoms with Gasteiger partial charge in [0.25, 0.3) is 5.91 Å². The van der Waals surface area contributed by atoms with Crippen LogP contribution in [-0.2, 0) is 4.74 Å². The molecule has 2 aromatic carbocycles. The number of ether oxygens (including phenoxy) is 1. The lowest BCUT2D eigenvalue weighted by Crippen LogP contribution is -2.52. The lowest BCUT2D eigenvalue weighted by Gasteiger charge is -2.40. The average molecular weight is 322 g/mol. The summed E-state index contributed by atoms with van der Waals surface area (Å²) in [4.78, 5) is 14.4. The molecule has 3 atom stereocenters. The van der Waals surface area contributed by atoms with Gasteiger partial charge >= 0.3 is 0 Å². The summed E-state index contributed by atoms with van der Waals surface area (Å²) in [6, 6.07) is 15.4. The molecule has 122 valence electrons. The van der Waals surface area contributed by atoms with E-state index in [9.17, 15) is 15.2 Å². The molecule has 3 rings (SSSR count). The van der Waals surface area contributed by atoms with Gasteiger partial charge in [-0.2, -0.15) is 5.26 Å². The zero-order valence-corrected chi connectivity index (χ0v) is 13.5. The number of hydrogen-bond donors (Lipinski definition) is 1. The van der Waals surface area contributed by atoms with Gasteiger partial charge in [-0.05, 0) is 25.1 Å². The Labute approximate surface area is 140 Å². The number of carbonyl (C=O) groups excluding carboxylic acids is 1. The van der Waals surface area contributed by atoms with Gasteiger partial charge in [0, 0.05) is 18.2 Å². The van der Waals surface area contributed by atoms with Crippen molar-refractivity contribution in [3.63, 3.8) is 0 Å². The number of benzene rings is 2. The maximum atomic E-state index is 13.0. The molecule has 1 aliphatic heterocycles. The number of nitrogens with zero attached hydrogens (tertiary/aromatic N) is 2. The van der Waals surface area contributed by atoms with E-state index < -0.39 is 18.2 Å². The highest BCUT2D eigenvalue weighted by molar-refractivity contribution is 6.07. The van der Waals surface area contributed by atoms with E-state index in [2.05, 4.69) is 0 Å². The average Bonchev–Trinajstić information content (AvgIpc) is 2.61. The number of anilines is 1. The Morgan fingerprint density at radius 3 is 2.50 bits per heavy atom. The van der Waals surface area contributed by atoms with Crippen LogP contribution in [0.15, 0.2) is 48.5 Å². The van der Waals surface area contributed by atoms with Crippen molar-refractivity contribution >= 4 is 11.6 Å². The first-order valence-corrected chi connectivity index (χ1v) is 7.68. The molecule has 0 fully saturated rings. The minimum absolute atomic E-state index is 0.317. The first-order chi connectivity index (χ1) is 11.6. The maximum Gasteiger partial charge on any atom is 0.259 e. The van der Waals surface area contributed by atoms with Gasteiger partial charge in [0.2, 0.25) is 0 Å². The van der Waals surface area contributed by atoms with Gasteiger partial charge in [-0.3, -0.25) is 9.69 Å². The molecule has 0 aromatic heterocycles. The lowest BCUT2D eigenvalue weighted by atomic mass is 9.90. The Hall–Kier alpha value is -2.68. The minimum atomic E-state index is -1.12. The van der Waals surface area contributed by atoms with Crippen LogP contribution < -0.4 is 4.90 Å². The Kier molecular flexibility index (Phi) is 4.34. The molecule has 2 aromatic rings. The third kappa shape index (κ3) is 2.56. The van der Waals surface area contributed by atoms with Crippen LogP contribution in [0.3, 0.4) is 0 Å². The molecule has 1 aliphatic rings. The van der Waals surface area contributed by atoms with E-state index in [-0.39, 0.29) is 5.91 Å². The summed E-state index contributed by atoms with van der Waals surface area (Å²) in [5.41, 5.74) is 2.80. The number of fused-ring (bicyclic) bond motifs is 1. The van der Waals surface area contributed by atoms with Crippen LogP contribution in [0.25, 0.3) is 0 Å². The summed E-state index contributed by atoms with van der Waals surface area (Å²) in [5.74, 6) is -0.317. The molecule has 0 spiro atoms. The van der Waals surface area contributed by atoms with Crippen molar-refractivity contribution in [2.45, 2.75) is 25.2 Å². The molecule has 0 unspecified atom stereocenters. The number of carbonyl (C=O) groups is 1. The fourth-order valence-corrected chi connectivity index (χ4v) is 3.07. The monoisotopic (exact) mass is 322 g/mol. The van der Waals surface area contributed by atoms with Crippen molar-refractivity contribution in [2.75, 3.05) is 12.0 Å². The SMILES string of the molecule is CO[C@@H]1c2ccccc2N(C(=O)c2ccc(C)cc2)[C@H](C#N)[C@H]1O. The summed E-state index contributed by atoms with van der Waals surface area (Å²) < 4.78 is 5.37. The fourth-order valence-electron chi connectivity index (χ4n) is 3.07. The summed E-state index contributed by atoms with van der Waals surface area (Å²) in [5, 5.41) is 20.1. The highest BCUT2D eigenvalue weighted by Crippen LogP contribution is 2.39. The summed E-state index contributed by atoms with van der Waals surface area (Å²) >= 11 is 0. The number of aryl methyl sites for hydroxylation is 1. The summed E-state index contributed by atoms with van der Waals surface area (Å²) in [6.07, 6.45) is -1.77. The van der Waals surface area contributed by atoms with Crippen molar-refractivity contribution in [1.82, 2.24) is 0 Å². The third-order valence-electron chi connectivity index (χ3n) is 4.32. The second-order valence-electron chi connectivity index (χ2n) is 5.82. The number of hydrogen-bond acceptors (Lipinski definition) is 4. The van der Waals surface area contributed by atoms with Crippen LogP contribution >= 0.6 is 0 Å². The van der Waals surface area contributed by atoms with Gasteiger partial charge in [-0.15, -0.1) is 0 Å². The van der Waals surface area contributed by atoms with Crippen molar-refractivity contribution in [3.8, 4) is 6.07 Å². The predicted molar refractivity (Wildman–Crippen MR) is 89.6 cm³/mol. The quantitative estimate of drug-likeness (QED) is 0.922. The predicted octanol–water partition coefficient (Wildman–Crippen LogP) is 2.60. The van der Waals surface area contributed by atoms with Gasteiger partial charge in [0.05, 0.1) is 11.8 Å². The molecule has 1 amide bonds. The molecule has 0 bridgehead atoms. The standard InChI is InChI=1S/C19H18N2O3/c1-12-7-9-13(10-8-12)19(23)21-15-6-4-3-5-14(15)18(24-2)17(22)16(21)11-20/h3-10,16-18,22H,1-2H3/t16-,17-,18-/m1/s1. The molecular formula is C19H18N2O3. The Morgan fingerprint density at radius 1 is 1.21 bits per heavy atom. The van der Waals surface area contributed by atoms with Gasteiger partial charge < -0.3 is 9.84 Å².